The van der Waals surface area contributed by atoms with E-state index in [0.717, 1.165) is 11.3 Å². The fourth-order valence-corrected chi connectivity index (χ4v) is 4.33. The lowest BCUT2D eigenvalue weighted by Gasteiger charge is -2.22. The highest BCUT2D eigenvalue weighted by molar-refractivity contribution is 7.89. The predicted octanol–water partition coefficient (Wildman–Crippen LogP) is 1.17. The molecular weight excluding hydrogens is 282 g/mol. The summed E-state index contributed by atoms with van der Waals surface area (Å²) in [5.74, 6) is 0. The molecule has 1 heterocycles. The van der Waals surface area contributed by atoms with Crippen LogP contribution < -0.4 is 5.73 Å². The Labute approximate surface area is 120 Å². The van der Waals surface area contributed by atoms with Gasteiger partial charge in [-0.05, 0) is 26.6 Å². The normalized spacial score (nSPS) is 12.5. The minimum atomic E-state index is -3.39. The van der Waals surface area contributed by atoms with Crippen molar-refractivity contribution in [2.75, 3.05) is 33.7 Å². The fraction of sp³-hybridized carbons (Fsp3) is 0.667. The van der Waals surface area contributed by atoms with Crippen LogP contribution in [0.3, 0.4) is 0 Å². The highest BCUT2D eigenvalue weighted by Gasteiger charge is 2.24. The Morgan fingerprint density at radius 1 is 1.26 bits per heavy atom. The number of nitrogens with two attached hydrogens (primary N) is 1. The molecular formula is C12H23N3O2S2. The van der Waals surface area contributed by atoms with Gasteiger partial charge in [-0.25, -0.2) is 8.42 Å². The first-order valence-corrected chi connectivity index (χ1v) is 8.66. The van der Waals surface area contributed by atoms with Crippen LogP contribution in [0, 0.1) is 0 Å². The average Bonchev–Trinajstić information content (AvgIpc) is 2.83. The second-order valence-electron chi connectivity index (χ2n) is 4.66. The minimum absolute atomic E-state index is 0.366. The van der Waals surface area contributed by atoms with Gasteiger partial charge in [0.1, 0.15) is 0 Å². The van der Waals surface area contributed by atoms with Crippen molar-refractivity contribution in [1.29, 1.82) is 0 Å². The van der Waals surface area contributed by atoms with Gasteiger partial charge in [0.05, 0.1) is 4.90 Å². The standard InChI is InChI=1S/C12H23N3O2S2/c1-4-5-15(7-6-14(2)3)19(16,17)12-8-11(9-13)18-10-12/h8,10H,4-7,9,13H2,1-3H3. The Hall–Kier alpha value is -0.470. The van der Waals surface area contributed by atoms with E-state index < -0.39 is 10.0 Å². The second kappa shape index (κ2) is 7.35. The zero-order valence-corrected chi connectivity index (χ0v) is 13.4. The smallest absolute Gasteiger partial charge is 0.243 e. The van der Waals surface area contributed by atoms with Crippen LogP contribution in [0.15, 0.2) is 16.3 Å². The van der Waals surface area contributed by atoms with E-state index in [0.29, 0.717) is 31.1 Å². The maximum atomic E-state index is 12.5. The Bertz CT molecular complexity index is 483. The van der Waals surface area contributed by atoms with Crippen molar-refractivity contribution < 1.29 is 8.42 Å². The molecule has 0 radical (unpaired) electrons. The summed E-state index contributed by atoms with van der Waals surface area (Å²) in [5.41, 5.74) is 5.53. The number of hydrogen-bond acceptors (Lipinski definition) is 5. The van der Waals surface area contributed by atoms with E-state index in [2.05, 4.69) is 0 Å². The third-order valence-corrected chi connectivity index (χ3v) is 5.72. The minimum Gasteiger partial charge on any atom is -0.326 e. The van der Waals surface area contributed by atoms with E-state index in [1.807, 2.05) is 25.9 Å². The van der Waals surface area contributed by atoms with Gasteiger partial charge in [0, 0.05) is 36.4 Å². The van der Waals surface area contributed by atoms with Crippen LogP contribution in [0.1, 0.15) is 18.2 Å². The molecule has 1 rings (SSSR count). The third kappa shape index (κ3) is 4.54. The first-order valence-electron chi connectivity index (χ1n) is 6.34. The molecule has 0 unspecified atom stereocenters. The van der Waals surface area contributed by atoms with Crippen molar-refractivity contribution in [1.82, 2.24) is 9.21 Å². The maximum absolute atomic E-state index is 12.5. The van der Waals surface area contributed by atoms with E-state index >= 15 is 0 Å². The summed E-state index contributed by atoms with van der Waals surface area (Å²) in [4.78, 5) is 3.24. The number of sulfonamides is 1. The molecule has 0 fully saturated rings. The van der Waals surface area contributed by atoms with Gasteiger partial charge in [0.25, 0.3) is 0 Å². The van der Waals surface area contributed by atoms with E-state index in [1.165, 1.54) is 11.3 Å². The molecule has 0 saturated carbocycles. The SMILES string of the molecule is CCCN(CCN(C)C)S(=O)(=O)c1csc(CN)c1. The summed E-state index contributed by atoms with van der Waals surface area (Å²) in [5, 5.41) is 1.68. The summed E-state index contributed by atoms with van der Waals surface area (Å²) in [6.45, 7) is 4.14. The van der Waals surface area contributed by atoms with Gasteiger partial charge >= 0.3 is 0 Å². The molecule has 5 nitrogen and oxygen atoms in total. The molecule has 0 saturated heterocycles. The molecule has 1 aromatic rings. The Kier molecular flexibility index (Phi) is 6.41. The van der Waals surface area contributed by atoms with Gasteiger partial charge in [0.2, 0.25) is 10.0 Å². The number of rotatable bonds is 8. The molecule has 0 aliphatic rings. The average molecular weight is 305 g/mol. The van der Waals surface area contributed by atoms with Crippen molar-refractivity contribution in [3.63, 3.8) is 0 Å². The molecule has 110 valence electrons. The van der Waals surface area contributed by atoms with Crippen molar-refractivity contribution in [2.45, 2.75) is 24.8 Å². The van der Waals surface area contributed by atoms with Crippen LogP contribution in [0.2, 0.25) is 0 Å². The van der Waals surface area contributed by atoms with E-state index in [1.54, 1.807) is 15.8 Å². The number of hydrogen-bond donors (Lipinski definition) is 1. The maximum Gasteiger partial charge on any atom is 0.243 e. The molecule has 19 heavy (non-hydrogen) atoms. The summed E-state index contributed by atoms with van der Waals surface area (Å²) in [7, 11) is 0.490. The number of thiophene rings is 1. The zero-order chi connectivity index (χ0) is 14.5. The topological polar surface area (TPSA) is 66.6 Å². The number of nitrogens with zero attached hydrogens (tertiary/aromatic N) is 2. The molecule has 0 atom stereocenters. The van der Waals surface area contributed by atoms with Gasteiger partial charge < -0.3 is 10.6 Å². The first-order chi connectivity index (χ1) is 8.91. The van der Waals surface area contributed by atoms with Gasteiger partial charge in [0.15, 0.2) is 0 Å². The van der Waals surface area contributed by atoms with Crippen LogP contribution in [0.4, 0.5) is 0 Å². The van der Waals surface area contributed by atoms with Crippen molar-refractivity contribution >= 4 is 21.4 Å². The zero-order valence-electron chi connectivity index (χ0n) is 11.8. The van der Waals surface area contributed by atoms with Crippen molar-refractivity contribution in [2.24, 2.45) is 5.73 Å². The van der Waals surface area contributed by atoms with Crippen molar-refractivity contribution in [3.8, 4) is 0 Å². The predicted molar refractivity (Wildman–Crippen MR) is 79.8 cm³/mol. The van der Waals surface area contributed by atoms with Crippen LogP contribution in [-0.4, -0.2) is 51.4 Å². The van der Waals surface area contributed by atoms with E-state index in [-0.39, 0.29) is 0 Å². The molecule has 7 heteroatoms. The summed E-state index contributed by atoms with van der Waals surface area (Å²) in [6.07, 6.45) is 0.806. The van der Waals surface area contributed by atoms with Gasteiger partial charge in [-0.3, -0.25) is 0 Å². The Morgan fingerprint density at radius 3 is 2.42 bits per heavy atom. The quantitative estimate of drug-likeness (QED) is 0.783. The molecule has 0 spiro atoms. The molecule has 2 N–H and O–H groups in total. The lowest BCUT2D eigenvalue weighted by molar-refractivity contribution is 0.333. The Morgan fingerprint density at radius 2 is 1.95 bits per heavy atom. The molecule has 1 aromatic heterocycles. The second-order valence-corrected chi connectivity index (χ2v) is 7.59. The number of likely N-dealkylation sites (N-methyl/N-ethyl adjacent to an activating group) is 1. The molecule has 0 aliphatic carbocycles. The van der Waals surface area contributed by atoms with Crippen LogP contribution in [-0.2, 0) is 16.6 Å². The fourth-order valence-electron chi connectivity index (χ4n) is 1.66. The molecule has 0 amide bonds. The Balaban J connectivity index is 2.91. The summed E-state index contributed by atoms with van der Waals surface area (Å²) >= 11 is 1.40. The van der Waals surface area contributed by atoms with Crippen LogP contribution in [0.25, 0.3) is 0 Å². The van der Waals surface area contributed by atoms with Crippen LogP contribution in [0.5, 0.6) is 0 Å². The van der Waals surface area contributed by atoms with E-state index in [9.17, 15) is 8.42 Å². The van der Waals surface area contributed by atoms with Gasteiger partial charge in [-0.1, -0.05) is 6.92 Å². The molecule has 0 aliphatic heterocycles. The van der Waals surface area contributed by atoms with Gasteiger partial charge in [-0.15, -0.1) is 11.3 Å². The largest absolute Gasteiger partial charge is 0.326 e. The lowest BCUT2D eigenvalue weighted by Crippen LogP contribution is -2.37. The highest BCUT2D eigenvalue weighted by Crippen LogP contribution is 2.22. The van der Waals surface area contributed by atoms with Gasteiger partial charge in [-0.2, -0.15) is 4.31 Å². The van der Waals surface area contributed by atoms with Crippen molar-refractivity contribution in [3.05, 3.63) is 16.3 Å². The summed E-state index contributed by atoms with van der Waals surface area (Å²) < 4.78 is 26.6. The molecule has 0 aromatic carbocycles. The molecule has 0 bridgehead atoms. The highest BCUT2D eigenvalue weighted by atomic mass is 32.2. The van der Waals surface area contributed by atoms with E-state index in [4.69, 9.17) is 5.73 Å². The third-order valence-electron chi connectivity index (χ3n) is 2.74. The monoisotopic (exact) mass is 305 g/mol. The first kappa shape index (κ1) is 16.6. The lowest BCUT2D eigenvalue weighted by atomic mass is 10.4. The summed E-state index contributed by atoms with van der Waals surface area (Å²) in [6, 6.07) is 1.68. The van der Waals surface area contributed by atoms with Crippen LogP contribution >= 0.6 is 11.3 Å².